The van der Waals surface area contributed by atoms with E-state index >= 15 is 0 Å². The Hall–Kier alpha value is -3.49. The zero-order valence-corrected chi connectivity index (χ0v) is 19.0. The fraction of sp³-hybridized carbons (Fsp3) is 0.200. The Morgan fingerprint density at radius 1 is 1.00 bits per heavy atom. The second-order valence-electron chi connectivity index (χ2n) is 8.01. The lowest BCUT2D eigenvalue weighted by Crippen LogP contribution is -2.45. The summed E-state index contributed by atoms with van der Waals surface area (Å²) in [5, 5.41) is 2.48. The van der Waals surface area contributed by atoms with Crippen molar-refractivity contribution in [1.82, 2.24) is 4.72 Å². The molecule has 1 heterocycles. The highest BCUT2D eigenvalue weighted by Crippen LogP contribution is 2.28. The predicted molar refractivity (Wildman–Crippen MR) is 125 cm³/mol. The first kappa shape index (κ1) is 22.7. The van der Waals surface area contributed by atoms with E-state index in [2.05, 4.69) is 4.72 Å². The first-order chi connectivity index (χ1) is 15.8. The summed E-state index contributed by atoms with van der Waals surface area (Å²) in [6, 6.07) is 19.2. The monoisotopic (exact) mass is 465 g/mol. The number of ether oxygens (including phenoxy) is 1. The highest BCUT2D eigenvalue weighted by molar-refractivity contribution is 7.89. The van der Waals surface area contributed by atoms with Gasteiger partial charge in [-0.25, -0.2) is 13.2 Å². The SMILES string of the molecule is CC(C)C(NS(=O)(=O)c1ccccc1)C(=O)OCc1cc(=O)oc2ccc3ccccc3c12. The van der Waals surface area contributed by atoms with Crippen molar-refractivity contribution in [2.45, 2.75) is 31.4 Å². The molecule has 0 spiro atoms. The van der Waals surface area contributed by atoms with Crippen LogP contribution in [0.5, 0.6) is 0 Å². The molecule has 1 N–H and O–H groups in total. The zero-order chi connectivity index (χ0) is 23.6. The third-order valence-electron chi connectivity index (χ3n) is 5.34. The van der Waals surface area contributed by atoms with E-state index in [9.17, 15) is 18.0 Å². The number of benzene rings is 3. The molecule has 7 nitrogen and oxygen atoms in total. The molecule has 1 unspecified atom stereocenters. The van der Waals surface area contributed by atoms with Crippen molar-refractivity contribution in [3.05, 3.63) is 88.8 Å². The van der Waals surface area contributed by atoms with Gasteiger partial charge in [-0.3, -0.25) is 4.79 Å². The van der Waals surface area contributed by atoms with Gasteiger partial charge in [-0.2, -0.15) is 4.72 Å². The molecule has 0 bridgehead atoms. The molecule has 1 atom stereocenters. The third kappa shape index (κ3) is 4.81. The van der Waals surface area contributed by atoms with Gasteiger partial charge in [-0.05, 0) is 34.9 Å². The third-order valence-corrected chi connectivity index (χ3v) is 6.80. The van der Waals surface area contributed by atoms with Crippen LogP contribution in [0, 0.1) is 5.92 Å². The minimum Gasteiger partial charge on any atom is -0.460 e. The Bertz CT molecular complexity index is 1480. The van der Waals surface area contributed by atoms with Crippen LogP contribution < -0.4 is 10.3 Å². The molecule has 0 aliphatic rings. The van der Waals surface area contributed by atoms with E-state index in [1.54, 1.807) is 38.1 Å². The number of fused-ring (bicyclic) bond motifs is 3. The summed E-state index contributed by atoms with van der Waals surface area (Å²) in [6.45, 7) is 3.24. The van der Waals surface area contributed by atoms with Crippen LogP contribution in [-0.4, -0.2) is 20.4 Å². The average molecular weight is 466 g/mol. The van der Waals surface area contributed by atoms with Crippen molar-refractivity contribution in [1.29, 1.82) is 0 Å². The van der Waals surface area contributed by atoms with Gasteiger partial charge in [-0.1, -0.05) is 62.4 Å². The summed E-state index contributed by atoms with van der Waals surface area (Å²) in [6.07, 6.45) is 0. The van der Waals surface area contributed by atoms with Crippen molar-refractivity contribution < 1.29 is 22.4 Å². The minimum atomic E-state index is -3.92. The van der Waals surface area contributed by atoms with Gasteiger partial charge in [0, 0.05) is 17.0 Å². The van der Waals surface area contributed by atoms with Crippen LogP contribution in [0.2, 0.25) is 0 Å². The largest absolute Gasteiger partial charge is 0.460 e. The fourth-order valence-electron chi connectivity index (χ4n) is 3.66. The minimum absolute atomic E-state index is 0.0570. The topological polar surface area (TPSA) is 103 Å². The molecule has 0 radical (unpaired) electrons. The summed E-state index contributed by atoms with van der Waals surface area (Å²) in [5.41, 5.74) is 0.311. The molecule has 170 valence electrons. The summed E-state index contributed by atoms with van der Waals surface area (Å²) in [7, 11) is -3.92. The standard InChI is InChI=1S/C25H23NO6S/c1-16(2)24(26-33(29,30)19-9-4-3-5-10-19)25(28)31-15-18-14-22(27)32-21-13-12-17-8-6-7-11-20(17)23(18)21/h3-14,16,24,26H,15H2,1-2H3. The van der Waals surface area contributed by atoms with E-state index in [1.807, 2.05) is 30.3 Å². The molecule has 0 saturated heterocycles. The number of hydrogen-bond acceptors (Lipinski definition) is 6. The quantitative estimate of drug-likeness (QED) is 0.251. The molecule has 0 aliphatic heterocycles. The maximum atomic E-state index is 12.9. The number of sulfonamides is 1. The number of nitrogens with one attached hydrogen (secondary N) is 1. The van der Waals surface area contributed by atoms with Crippen molar-refractivity contribution >= 4 is 37.7 Å². The normalized spacial score (nSPS) is 12.8. The Balaban J connectivity index is 1.62. The van der Waals surface area contributed by atoms with Gasteiger partial charge in [0.2, 0.25) is 10.0 Å². The van der Waals surface area contributed by atoms with E-state index < -0.39 is 27.7 Å². The van der Waals surface area contributed by atoms with Crippen molar-refractivity contribution in [2.24, 2.45) is 5.92 Å². The van der Waals surface area contributed by atoms with E-state index in [1.165, 1.54) is 18.2 Å². The average Bonchev–Trinajstić information content (AvgIpc) is 2.80. The maximum Gasteiger partial charge on any atom is 0.336 e. The van der Waals surface area contributed by atoms with Gasteiger partial charge in [0.15, 0.2) is 0 Å². The Morgan fingerprint density at radius 3 is 2.42 bits per heavy atom. The van der Waals surface area contributed by atoms with Crippen molar-refractivity contribution in [3.8, 4) is 0 Å². The van der Waals surface area contributed by atoms with Gasteiger partial charge in [0.25, 0.3) is 0 Å². The second kappa shape index (κ2) is 9.17. The Labute approximate surface area is 191 Å². The van der Waals surface area contributed by atoms with Crippen molar-refractivity contribution in [3.63, 3.8) is 0 Å². The van der Waals surface area contributed by atoms with Gasteiger partial charge < -0.3 is 9.15 Å². The lowest BCUT2D eigenvalue weighted by molar-refractivity contribution is -0.148. The van der Waals surface area contributed by atoms with Crippen LogP contribution >= 0.6 is 0 Å². The smallest absolute Gasteiger partial charge is 0.336 e. The van der Waals surface area contributed by atoms with Gasteiger partial charge >= 0.3 is 11.6 Å². The number of carbonyl (C=O) groups excluding carboxylic acids is 1. The molecule has 33 heavy (non-hydrogen) atoms. The Morgan fingerprint density at radius 2 is 1.70 bits per heavy atom. The molecule has 8 heteroatoms. The molecular weight excluding hydrogens is 442 g/mol. The Kier molecular flexibility index (Phi) is 6.31. The lowest BCUT2D eigenvalue weighted by Gasteiger charge is -2.21. The molecule has 0 aliphatic carbocycles. The van der Waals surface area contributed by atoms with Gasteiger partial charge in [-0.15, -0.1) is 0 Å². The number of hydrogen-bond donors (Lipinski definition) is 1. The first-order valence-corrected chi connectivity index (χ1v) is 11.9. The van der Waals surface area contributed by atoms with E-state index in [0.29, 0.717) is 16.5 Å². The molecule has 3 aromatic carbocycles. The lowest BCUT2D eigenvalue weighted by atomic mass is 10.0. The zero-order valence-electron chi connectivity index (χ0n) is 18.1. The summed E-state index contributed by atoms with van der Waals surface area (Å²) < 4.78 is 38.7. The van der Waals surface area contributed by atoms with Crippen LogP contribution in [0.3, 0.4) is 0 Å². The van der Waals surface area contributed by atoms with E-state index in [4.69, 9.17) is 9.15 Å². The summed E-state index contributed by atoms with van der Waals surface area (Å²) in [4.78, 5) is 25.0. The second-order valence-corrected chi connectivity index (χ2v) is 9.73. The molecule has 4 aromatic rings. The first-order valence-electron chi connectivity index (χ1n) is 10.4. The van der Waals surface area contributed by atoms with Gasteiger partial charge in [0.1, 0.15) is 18.2 Å². The molecule has 4 rings (SSSR count). The van der Waals surface area contributed by atoms with E-state index in [0.717, 1.165) is 10.8 Å². The van der Waals surface area contributed by atoms with Crippen LogP contribution in [0.1, 0.15) is 19.4 Å². The molecule has 0 amide bonds. The van der Waals surface area contributed by atoms with Crippen LogP contribution in [-0.2, 0) is 26.2 Å². The molecule has 1 aromatic heterocycles. The number of carbonyl (C=O) groups is 1. The van der Waals surface area contributed by atoms with E-state index in [-0.39, 0.29) is 17.4 Å². The maximum absolute atomic E-state index is 12.9. The highest BCUT2D eigenvalue weighted by atomic mass is 32.2. The van der Waals surface area contributed by atoms with Crippen LogP contribution in [0.25, 0.3) is 21.7 Å². The van der Waals surface area contributed by atoms with Crippen LogP contribution in [0.15, 0.2) is 86.9 Å². The summed E-state index contributed by atoms with van der Waals surface area (Å²) in [5.74, 6) is -1.10. The van der Waals surface area contributed by atoms with Gasteiger partial charge in [0.05, 0.1) is 4.90 Å². The molecular formula is C25H23NO6S. The predicted octanol–water partition coefficient (Wildman–Crippen LogP) is 3.99. The molecule has 0 saturated carbocycles. The molecule has 0 fully saturated rings. The number of esters is 1. The fourth-order valence-corrected chi connectivity index (χ4v) is 5.02. The number of rotatable bonds is 7. The highest BCUT2D eigenvalue weighted by Gasteiger charge is 2.30. The van der Waals surface area contributed by atoms with Crippen LogP contribution in [0.4, 0.5) is 0 Å². The van der Waals surface area contributed by atoms with Crippen molar-refractivity contribution in [2.75, 3.05) is 0 Å². The summed E-state index contributed by atoms with van der Waals surface area (Å²) >= 11 is 0.